The molecule has 0 bridgehead atoms. The molecule has 1 aliphatic heterocycles. The largest absolute Gasteiger partial charge is 0.504 e. The van der Waals surface area contributed by atoms with Gasteiger partial charge in [-0.05, 0) is 48.9 Å². The molecular formula is C20H20ClN5O3. The Bertz CT molecular complexity index is 1040. The van der Waals surface area contributed by atoms with Crippen molar-refractivity contribution in [2.45, 2.75) is 19.0 Å². The van der Waals surface area contributed by atoms with Crippen molar-refractivity contribution in [2.75, 3.05) is 17.7 Å². The van der Waals surface area contributed by atoms with Gasteiger partial charge in [0, 0.05) is 16.8 Å². The van der Waals surface area contributed by atoms with E-state index in [9.17, 15) is 9.90 Å². The first kappa shape index (κ1) is 19.1. The number of nitrogens with one attached hydrogen (secondary N) is 2. The summed E-state index contributed by atoms with van der Waals surface area (Å²) in [5.74, 6) is 0.246. The molecule has 0 aliphatic carbocycles. The Kier molecular flexibility index (Phi) is 5.02. The summed E-state index contributed by atoms with van der Waals surface area (Å²) in [6.45, 7) is 1.93. The van der Waals surface area contributed by atoms with Crippen LogP contribution < -0.4 is 15.4 Å². The van der Waals surface area contributed by atoms with Gasteiger partial charge in [-0.3, -0.25) is 4.79 Å². The van der Waals surface area contributed by atoms with Crippen molar-refractivity contribution >= 4 is 29.1 Å². The molecule has 3 atom stereocenters. The average molecular weight is 414 g/mol. The zero-order valence-electron chi connectivity index (χ0n) is 15.8. The van der Waals surface area contributed by atoms with Crippen molar-refractivity contribution in [3.05, 3.63) is 59.4 Å². The number of amides is 1. The molecule has 9 heteroatoms. The lowest BCUT2D eigenvalue weighted by Gasteiger charge is -2.37. The highest BCUT2D eigenvalue weighted by Gasteiger charge is 2.41. The fourth-order valence-corrected chi connectivity index (χ4v) is 3.76. The van der Waals surface area contributed by atoms with E-state index >= 15 is 0 Å². The summed E-state index contributed by atoms with van der Waals surface area (Å²) in [4.78, 5) is 17.5. The quantitative estimate of drug-likeness (QED) is 0.606. The number of nitrogens with zero attached hydrogens (tertiary/aromatic N) is 3. The molecule has 0 saturated heterocycles. The molecule has 4 rings (SSSR count). The lowest BCUT2D eigenvalue weighted by Crippen LogP contribution is -2.46. The van der Waals surface area contributed by atoms with E-state index < -0.39 is 12.0 Å². The van der Waals surface area contributed by atoms with Gasteiger partial charge in [0.25, 0.3) is 0 Å². The standard InChI is InChI=1S/C20H20ClN5O3/c1-11-17(19(28)25-14-6-4-13(21)5-7-14)18(26-20(24-11)22-10-23-26)12-3-8-15(27)16(9-12)29-2/h3-11,17-18,27H,1-2H3,(H,25,28)(H,22,23,24)/t11-,17+,18+/m0/s1. The molecule has 8 nitrogen and oxygen atoms in total. The van der Waals surface area contributed by atoms with Crippen molar-refractivity contribution in [2.24, 2.45) is 5.92 Å². The highest BCUT2D eigenvalue weighted by atomic mass is 35.5. The summed E-state index contributed by atoms with van der Waals surface area (Å²) >= 11 is 5.93. The van der Waals surface area contributed by atoms with Crippen LogP contribution in [0.2, 0.25) is 5.02 Å². The Morgan fingerprint density at radius 2 is 2.03 bits per heavy atom. The van der Waals surface area contributed by atoms with Crippen molar-refractivity contribution in [1.29, 1.82) is 0 Å². The number of aromatic nitrogens is 3. The number of carbonyl (C=O) groups is 1. The second-order valence-corrected chi connectivity index (χ2v) is 7.30. The maximum Gasteiger partial charge on any atom is 0.232 e. The van der Waals surface area contributed by atoms with Gasteiger partial charge in [0.15, 0.2) is 11.5 Å². The van der Waals surface area contributed by atoms with E-state index in [4.69, 9.17) is 16.3 Å². The fraction of sp³-hybridized carbons (Fsp3) is 0.250. The first-order valence-electron chi connectivity index (χ1n) is 9.07. The number of fused-ring (bicyclic) bond motifs is 1. The van der Waals surface area contributed by atoms with E-state index in [0.29, 0.717) is 22.4 Å². The average Bonchev–Trinajstić information content (AvgIpc) is 3.17. The number of hydrogen-bond acceptors (Lipinski definition) is 6. The van der Waals surface area contributed by atoms with Gasteiger partial charge < -0.3 is 20.5 Å². The normalized spacial score (nSPS) is 20.4. The molecule has 0 saturated carbocycles. The highest BCUT2D eigenvalue weighted by molar-refractivity contribution is 6.30. The van der Waals surface area contributed by atoms with Crippen LogP contribution in [0.3, 0.4) is 0 Å². The number of aromatic hydroxyl groups is 1. The van der Waals surface area contributed by atoms with Gasteiger partial charge in [0.1, 0.15) is 6.33 Å². The third kappa shape index (κ3) is 3.58. The fourth-order valence-electron chi connectivity index (χ4n) is 3.63. The highest BCUT2D eigenvalue weighted by Crippen LogP contribution is 2.39. The molecule has 1 aliphatic rings. The van der Waals surface area contributed by atoms with Crippen molar-refractivity contribution in [3.63, 3.8) is 0 Å². The summed E-state index contributed by atoms with van der Waals surface area (Å²) in [7, 11) is 1.48. The molecule has 3 aromatic rings. The Balaban J connectivity index is 1.74. The molecule has 2 aromatic carbocycles. The smallest absolute Gasteiger partial charge is 0.232 e. The number of rotatable bonds is 4. The minimum Gasteiger partial charge on any atom is -0.504 e. The van der Waals surface area contributed by atoms with Crippen LogP contribution in [-0.2, 0) is 4.79 Å². The number of benzene rings is 2. The number of phenols is 1. The molecule has 3 N–H and O–H groups in total. The predicted octanol–water partition coefficient (Wildman–Crippen LogP) is 3.30. The van der Waals surface area contributed by atoms with Gasteiger partial charge in [0.05, 0.1) is 19.1 Å². The number of halogens is 1. The lowest BCUT2D eigenvalue weighted by molar-refractivity contribution is -0.121. The van der Waals surface area contributed by atoms with Crippen LogP contribution in [0.4, 0.5) is 11.6 Å². The number of phenolic OH excluding ortho intramolecular Hbond substituents is 1. The number of ether oxygens (including phenoxy) is 1. The molecule has 29 heavy (non-hydrogen) atoms. The zero-order valence-corrected chi connectivity index (χ0v) is 16.6. The van der Waals surface area contributed by atoms with E-state index in [1.807, 2.05) is 6.92 Å². The summed E-state index contributed by atoms with van der Waals surface area (Å²) in [5.41, 5.74) is 1.43. The first-order chi connectivity index (χ1) is 14.0. The van der Waals surface area contributed by atoms with Gasteiger partial charge >= 0.3 is 0 Å². The molecule has 0 fully saturated rings. The maximum atomic E-state index is 13.3. The zero-order chi connectivity index (χ0) is 20.5. The lowest BCUT2D eigenvalue weighted by atomic mass is 9.85. The minimum absolute atomic E-state index is 0.0270. The molecule has 0 spiro atoms. The van der Waals surface area contributed by atoms with Crippen LogP contribution in [0.1, 0.15) is 18.5 Å². The van der Waals surface area contributed by atoms with Crippen LogP contribution in [0.25, 0.3) is 0 Å². The van der Waals surface area contributed by atoms with E-state index in [2.05, 4.69) is 20.7 Å². The number of hydrogen-bond donors (Lipinski definition) is 3. The Morgan fingerprint density at radius 1 is 1.28 bits per heavy atom. The molecular weight excluding hydrogens is 394 g/mol. The number of methoxy groups -OCH3 is 1. The van der Waals surface area contributed by atoms with Crippen LogP contribution in [-0.4, -0.2) is 38.9 Å². The van der Waals surface area contributed by atoms with E-state index in [1.165, 1.54) is 13.4 Å². The number of carbonyl (C=O) groups excluding carboxylic acids is 1. The summed E-state index contributed by atoms with van der Waals surface area (Å²) in [5, 5.41) is 21.1. The van der Waals surface area contributed by atoms with Gasteiger partial charge in [0.2, 0.25) is 11.9 Å². The Hall–Kier alpha value is -3.26. The summed E-state index contributed by atoms with van der Waals surface area (Å²) < 4.78 is 6.93. The van der Waals surface area contributed by atoms with E-state index in [1.54, 1.807) is 47.1 Å². The monoisotopic (exact) mass is 413 g/mol. The second kappa shape index (κ2) is 7.63. The molecule has 1 aromatic heterocycles. The number of anilines is 2. The third-order valence-corrected chi connectivity index (χ3v) is 5.28. The van der Waals surface area contributed by atoms with Crippen LogP contribution in [0, 0.1) is 5.92 Å². The molecule has 0 radical (unpaired) electrons. The summed E-state index contributed by atoms with van der Waals surface area (Å²) in [6, 6.07) is 11.3. The first-order valence-corrected chi connectivity index (χ1v) is 9.45. The second-order valence-electron chi connectivity index (χ2n) is 6.86. The van der Waals surface area contributed by atoms with Crippen LogP contribution >= 0.6 is 11.6 Å². The van der Waals surface area contributed by atoms with Crippen molar-refractivity contribution in [1.82, 2.24) is 14.8 Å². The molecule has 0 unspecified atom stereocenters. The predicted molar refractivity (Wildman–Crippen MR) is 109 cm³/mol. The summed E-state index contributed by atoms with van der Waals surface area (Å²) in [6.07, 6.45) is 1.44. The van der Waals surface area contributed by atoms with Gasteiger partial charge in [-0.25, -0.2) is 4.68 Å². The molecule has 1 amide bonds. The topological polar surface area (TPSA) is 101 Å². The van der Waals surface area contributed by atoms with Crippen LogP contribution in [0.5, 0.6) is 11.5 Å². The molecule has 150 valence electrons. The Labute approximate surface area is 172 Å². The van der Waals surface area contributed by atoms with Crippen molar-refractivity contribution in [3.8, 4) is 11.5 Å². The third-order valence-electron chi connectivity index (χ3n) is 5.03. The molecule has 2 heterocycles. The van der Waals surface area contributed by atoms with Gasteiger partial charge in [-0.2, -0.15) is 10.1 Å². The SMILES string of the molecule is COc1cc([C@@H]2[C@H](C(=O)Nc3ccc(Cl)cc3)[C@H](C)Nc3ncnn32)ccc1O. The minimum atomic E-state index is -0.505. The van der Waals surface area contributed by atoms with E-state index in [0.717, 1.165) is 5.56 Å². The van der Waals surface area contributed by atoms with Crippen molar-refractivity contribution < 1.29 is 14.6 Å². The van der Waals surface area contributed by atoms with Crippen LogP contribution in [0.15, 0.2) is 48.8 Å². The Morgan fingerprint density at radius 3 is 2.76 bits per heavy atom. The van der Waals surface area contributed by atoms with Gasteiger partial charge in [-0.1, -0.05) is 17.7 Å². The maximum absolute atomic E-state index is 13.3. The van der Waals surface area contributed by atoms with E-state index in [-0.39, 0.29) is 17.7 Å². The van der Waals surface area contributed by atoms with Gasteiger partial charge in [-0.15, -0.1) is 0 Å².